The van der Waals surface area contributed by atoms with Crippen molar-refractivity contribution in [2.45, 2.75) is 44.4 Å². The first-order valence-electron chi connectivity index (χ1n) is 12.4. The molecule has 1 aliphatic carbocycles. The number of pyridine rings is 1. The molecule has 0 bridgehead atoms. The first kappa shape index (κ1) is 23.5. The Balaban J connectivity index is 1.44. The van der Waals surface area contributed by atoms with Crippen LogP contribution < -0.4 is 5.73 Å². The van der Waals surface area contributed by atoms with E-state index in [0.29, 0.717) is 24.6 Å². The van der Waals surface area contributed by atoms with Gasteiger partial charge in [-0.2, -0.15) is 5.26 Å². The van der Waals surface area contributed by atoms with Crippen LogP contribution in [0, 0.1) is 11.3 Å². The van der Waals surface area contributed by atoms with Crippen LogP contribution in [0.25, 0.3) is 11.3 Å². The molecule has 2 aliphatic rings. The minimum Gasteiger partial charge on any atom is -0.363 e. The number of likely N-dealkylation sites (tertiary alicyclic amines) is 1. The van der Waals surface area contributed by atoms with Crippen LogP contribution in [0.3, 0.4) is 0 Å². The second-order valence-electron chi connectivity index (χ2n) is 9.36. The molecular formula is C28H28N6O2. The van der Waals surface area contributed by atoms with Gasteiger partial charge in [-0.25, -0.2) is 4.98 Å². The Morgan fingerprint density at radius 1 is 1.14 bits per heavy atom. The van der Waals surface area contributed by atoms with Gasteiger partial charge >= 0.3 is 0 Å². The number of piperidine rings is 1. The molecule has 2 N–H and O–H groups in total. The summed E-state index contributed by atoms with van der Waals surface area (Å²) in [5, 5.41) is 9.35. The van der Waals surface area contributed by atoms with Gasteiger partial charge in [0.15, 0.2) is 5.69 Å². The number of imidazole rings is 1. The van der Waals surface area contributed by atoms with Crippen LogP contribution in [-0.2, 0) is 0 Å². The normalized spacial score (nSPS) is 16.3. The highest BCUT2D eigenvalue weighted by atomic mass is 16.2. The number of rotatable bonds is 5. The molecule has 1 aliphatic heterocycles. The van der Waals surface area contributed by atoms with E-state index in [9.17, 15) is 14.9 Å². The number of carbonyl (C=O) groups excluding carboxylic acids is 2. The lowest BCUT2D eigenvalue weighted by Gasteiger charge is -2.32. The summed E-state index contributed by atoms with van der Waals surface area (Å²) in [6.45, 7) is 1.38. The van der Waals surface area contributed by atoms with Crippen molar-refractivity contribution >= 4 is 17.4 Å². The predicted octanol–water partition coefficient (Wildman–Crippen LogP) is 4.22. The van der Waals surface area contributed by atoms with Crippen molar-refractivity contribution in [1.29, 1.82) is 5.26 Å². The third-order valence-corrected chi connectivity index (χ3v) is 7.12. The molecule has 1 saturated heterocycles. The number of nitrogens with two attached hydrogens (primary N) is 1. The van der Waals surface area contributed by atoms with Crippen molar-refractivity contribution in [1.82, 2.24) is 19.4 Å². The topological polar surface area (TPSA) is 118 Å². The van der Waals surface area contributed by atoms with Gasteiger partial charge in [-0.15, -0.1) is 0 Å². The maximum atomic E-state index is 12.8. The van der Waals surface area contributed by atoms with Crippen molar-refractivity contribution in [2.75, 3.05) is 13.1 Å². The molecule has 0 radical (unpaired) electrons. The summed E-state index contributed by atoms with van der Waals surface area (Å²) in [6, 6.07) is 11.9. The summed E-state index contributed by atoms with van der Waals surface area (Å²) in [5.74, 6) is -0.265. The molecule has 2 amide bonds. The SMILES string of the molecule is N#Cc1cn(-c2ccc(C3CCN(C(=O)c4cccnc4)CC3)cc2C2=CCCCC2)c(C(N)=O)n1. The highest BCUT2D eigenvalue weighted by molar-refractivity contribution is 5.94. The fourth-order valence-corrected chi connectivity index (χ4v) is 5.24. The second-order valence-corrected chi connectivity index (χ2v) is 9.36. The van der Waals surface area contributed by atoms with E-state index in [1.165, 1.54) is 11.1 Å². The van der Waals surface area contributed by atoms with E-state index in [4.69, 9.17) is 5.73 Å². The predicted molar refractivity (Wildman–Crippen MR) is 135 cm³/mol. The molecule has 0 unspecified atom stereocenters. The fourth-order valence-electron chi connectivity index (χ4n) is 5.24. The van der Waals surface area contributed by atoms with Crippen LogP contribution in [0.5, 0.6) is 0 Å². The average molecular weight is 481 g/mol. The van der Waals surface area contributed by atoms with Gasteiger partial charge in [-0.3, -0.25) is 19.1 Å². The molecular weight excluding hydrogens is 452 g/mol. The number of carbonyl (C=O) groups is 2. The average Bonchev–Trinajstić information content (AvgIpc) is 3.38. The zero-order chi connectivity index (χ0) is 25.1. The summed E-state index contributed by atoms with van der Waals surface area (Å²) in [4.78, 5) is 35.0. The molecule has 182 valence electrons. The molecule has 0 saturated carbocycles. The fraction of sp³-hybridized carbons (Fsp3) is 0.321. The van der Waals surface area contributed by atoms with Crippen molar-refractivity contribution < 1.29 is 9.59 Å². The zero-order valence-electron chi connectivity index (χ0n) is 20.1. The Kier molecular flexibility index (Phi) is 6.63. The maximum absolute atomic E-state index is 12.8. The third-order valence-electron chi connectivity index (χ3n) is 7.12. The van der Waals surface area contributed by atoms with Crippen LogP contribution in [0.1, 0.15) is 82.2 Å². The minimum atomic E-state index is -0.671. The van der Waals surface area contributed by atoms with E-state index in [1.807, 2.05) is 17.0 Å². The molecule has 36 heavy (non-hydrogen) atoms. The first-order chi connectivity index (χ1) is 17.5. The summed E-state index contributed by atoms with van der Waals surface area (Å²) in [6.07, 6.45) is 13.1. The van der Waals surface area contributed by atoms with Gasteiger partial charge in [0, 0.05) is 37.2 Å². The molecule has 8 heteroatoms. The molecule has 1 aromatic carbocycles. The summed E-state index contributed by atoms with van der Waals surface area (Å²) in [7, 11) is 0. The van der Waals surface area contributed by atoms with E-state index in [1.54, 1.807) is 35.3 Å². The molecule has 2 aromatic heterocycles. The number of primary amides is 1. The second kappa shape index (κ2) is 10.2. The largest absolute Gasteiger partial charge is 0.363 e. The van der Waals surface area contributed by atoms with Crippen LogP contribution in [0.2, 0.25) is 0 Å². The number of hydrogen-bond donors (Lipinski definition) is 1. The summed E-state index contributed by atoms with van der Waals surface area (Å²) < 4.78 is 1.64. The number of hydrogen-bond acceptors (Lipinski definition) is 5. The summed E-state index contributed by atoms with van der Waals surface area (Å²) in [5.41, 5.74) is 10.7. The van der Waals surface area contributed by atoms with Crippen LogP contribution in [-0.4, -0.2) is 44.3 Å². The number of aromatic nitrogens is 3. The lowest BCUT2D eigenvalue weighted by atomic mass is 9.85. The van der Waals surface area contributed by atoms with Gasteiger partial charge in [0.1, 0.15) is 6.07 Å². The van der Waals surface area contributed by atoms with Crippen LogP contribution in [0.4, 0.5) is 0 Å². The molecule has 8 nitrogen and oxygen atoms in total. The van der Waals surface area contributed by atoms with Gasteiger partial charge in [0.05, 0.1) is 11.3 Å². The van der Waals surface area contributed by atoms with Crippen molar-refractivity contribution in [3.05, 3.63) is 83.2 Å². The molecule has 5 rings (SSSR count). The van der Waals surface area contributed by atoms with E-state index in [2.05, 4.69) is 28.2 Å². The maximum Gasteiger partial charge on any atom is 0.285 e. The van der Waals surface area contributed by atoms with Gasteiger partial charge in [-0.1, -0.05) is 12.1 Å². The number of nitriles is 1. The molecule has 0 spiro atoms. The molecule has 3 aromatic rings. The van der Waals surface area contributed by atoms with Crippen molar-refractivity contribution in [2.24, 2.45) is 5.73 Å². The van der Waals surface area contributed by atoms with Crippen molar-refractivity contribution in [3.8, 4) is 11.8 Å². The highest BCUT2D eigenvalue weighted by Gasteiger charge is 2.26. The van der Waals surface area contributed by atoms with Crippen molar-refractivity contribution in [3.63, 3.8) is 0 Å². The molecule has 1 fully saturated rings. The van der Waals surface area contributed by atoms with Gasteiger partial charge in [0.25, 0.3) is 11.8 Å². The van der Waals surface area contributed by atoms with Gasteiger partial charge in [-0.05, 0) is 79.8 Å². The van der Waals surface area contributed by atoms with E-state index < -0.39 is 5.91 Å². The Morgan fingerprint density at radius 3 is 2.64 bits per heavy atom. The number of nitrogens with zero attached hydrogens (tertiary/aromatic N) is 5. The zero-order valence-corrected chi connectivity index (χ0v) is 20.1. The minimum absolute atomic E-state index is 0.0253. The number of benzene rings is 1. The number of amides is 2. The highest BCUT2D eigenvalue weighted by Crippen LogP contribution is 2.36. The lowest BCUT2D eigenvalue weighted by Crippen LogP contribution is -2.38. The van der Waals surface area contributed by atoms with Crippen LogP contribution >= 0.6 is 0 Å². The van der Waals surface area contributed by atoms with Gasteiger partial charge < -0.3 is 10.6 Å². The monoisotopic (exact) mass is 480 g/mol. The first-order valence-corrected chi connectivity index (χ1v) is 12.4. The quantitative estimate of drug-likeness (QED) is 0.587. The van der Waals surface area contributed by atoms with E-state index in [0.717, 1.165) is 49.8 Å². The lowest BCUT2D eigenvalue weighted by molar-refractivity contribution is 0.0712. The molecule has 0 atom stereocenters. The Morgan fingerprint density at radius 2 is 1.97 bits per heavy atom. The van der Waals surface area contributed by atoms with E-state index in [-0.39, 0.29) is 17.4 Å². The van der Waals surface area contributed by atoms with Gasteiger partial charge in [0.2, 0.25) is 5.82 Å². The number of allylic oxidation sites excluding steroid dienone is 2. The smallest absolute Gasteiger partial charge is 0.285 e. The standard InChI is InChI=1S/C28H28N6O2/c29-16-23-18-34(27(32-23)26(30)35)25-9-8-21(15-24(25)20-5-2-1-3-6-20)19-10-13-33(14-11-19)28(36)22-7-4-12-31-17-22/h4-5,7-9,12,15,17-19H,1-3,6,10-11,13-14H2,(H2,30,35). The third kappa shape index (κ3) is 4.65. The van der Waals surface area contributed by atoms with Crippen LogP contribution in [0.15, 0.2) is 55.0 Å². The van der Waals surface area contributed by atoms with E-state index >= 15 is 0 Å². The Bertz CT molecular complexity index is 1360. The Hall–Kier alpha value is -4.25. The summed E-state index contributed by atoms with van der Waals surface area (Å²) >= 11 is 0. The Labute approximate surface area is 210 Å². The molecule has 3 heterocycles.